The molecule has 3 heteroatoms. The smallest absolute Gasteiger partial charge is 0.221 e. The maximum absolute atomic E-state index is 10.6. The normalized spacial score (nSPS) is 9.18. The first-order valence-electron chi connectivity index (χ1n) is 3.28. The van der Waals surface area contributed by atoms with Crippen LogP contribution >= 0.6 is 0 Å². The number of nitrogens with one attached hydrogen (secondary N) is 2. The van der Waals surface area contributed by atoms with E-state index in [0.29, 0.717) is 11.4 Å². The lowest BCUT2D eigenvalue weighted by Crippen LogP contribution is -2.05. The standard InChI is InChI=1S/C8H9N2O/c1-6(11)10-8-5-3-2-4-7(8)9/h2-5,9H,1H3,(H,10,11). The first-order chi connectivity index (χ1) is 5.20. The van der Waals surface area contributed by atoms with Gasteiger partial charge in [0, 0.05) is 6.92 Å². The quantitative estimate of drug-likeness (QED) is 0.647. The Morgan fingerprint density at radius 1 is 1.45 bits per heavy atom. The Kier molecular flexibility index (Phi) is 2.11. The van der Waals surface area contributed by atoms with Gasteiger partial charge >= 0.3 is 0 Å². The summed E-state index contributed by atoms with van der Waals surface area (Å²) in [6.45, 7) is 1.42. The Balaban J connectivity index is 2.86. The molecule has 0 heterocycles. The highest BCUT2D eigenvalue weighted by Crippen LogP contribution is 2.17. The lowest BCUT2D eigenvalue weighted by Gasteiger charge is -2.02. The Hall–Kier alpha value is -1.51. The van der Waals surface area contributed by atoms with Crippen LogP contribution in [0.25, 0.3) is 0 Å². The first kappa shape index (κ1) is 7.60. The zero-order valence-corrected chi connectivity index (χ0v) is 6.22. The number of anilines is 1. The maximum Gasteiger partial charge on any atom is 0.221 e. The number of benzene rings is 1. The van der Waals surface area contributed by atoms with E-state index in [-0.39, 0.29) is 5.91 Å². The van der Waals surface area contributed by atoms with Crippen molar-refractivity contribution >= 4 is 17.3 Å². The van der Waals surface area contributed by atoms with Gasteiger partial charge in [-0.05, 0) is 12.1 Å². The molecule has 0 unspecified atom stereocenters. The van der Waals surface area contributed by atoms with Crippen LogP contribution in [0.1, 0.15) is 6.92 Å². The number of hydrogen-bond donors (Lipinski definition) is 1. The van der Waals surface area contributed by atoms with E-state index in [2.05, 4.69) is 5.32 Å². The zero-order valence-electron chi connectivity index (χ0n) is 6.22. The summed E-state index contributed by atoms with van der Waals surface area (Å²) in [6, 6.07) is 6.87. The second-order valence-corrected chi connectivity index (χ2v) is 2.23. The van der Waals surface area contributed by atoms with Crippen molar-refractivity contribution in [2.75, 3.05) is 5.32 Å². The highest BCUT2D eigenvalue weighted by Gasteiger charge is 1.97. The molecule has 2 N–H and O–H groups in total. The number of hydrogen-bond acceptors (Lipinski definition) is 1. The van der Waals surface area contributed by atoms with Gasteiger partial charge in [0.05, 0.1) is 11.4 Å². The molecule has 11 heavy (non-hydrogen) atoms. The van der Waals surface area contributed by atoms with E-state index in [0.717, 1.165) is 0 Å². The molecular formula is C8H9N2O. The van der Waals surface area contributed by atoms with Gasteiger partial charge in [-0.15, -0.1) is 0 Å². The van der Waals surface area contributed by atoms with E-state index in [1.165, 1.54) is 6.92 Å². The molecule has 3 nitrogen and oxygen atoms in total. The lowest BCUT2D eigenvalue weighted by molar-refractivity contribution is -0.114. The number of para-hydroxylation sites is 1. The Labute approximate surface area is 65.2 Å². The minimum absolute atomic E-state index is 0.148. The van der Waals surface area contributed by atoms with E-state index in [1.54, 1.807) is 24.3 Å². The summed E-state index contributed by atoms with van der Waals surface area (Å²) >= 11 is 0. The Morgan fingerprint density at radius 2 is 2.09 bits per heavy atom. The minimum atomic E-state index is -0.148. The number of carbonyl (C=O) groups is 1. The molecule has 0 atom stereocenters. The van der Waals surface area contributed by atoms with Crippen molar-refractivity contribution in [1.82, 2.24) is 5.73 Å². The van der Waals surface area contributed by atoms with Gasteiger partial charge in [-0.25, -0.2) is 0 Å². The van der Waals surface area contributed by atoms with Crippen molar-refractivity contribution in [3.63, 3.8) is 0 Å². The van der Waals surface area contributed by atoms with Crippen LogP contribution in [-0.4, -0.2) is 5.91 Å². The van der Waals surface area contributed by atoms with Crippen molar-refractivity contribution in [3.8, 4) is 0 Å². The van der Waals surface area contributed by atoms with Gasteiger partial charge in [-0.1, -0.05) is 12.1 Å². The van der Waals surface area contributed by atoms with Gasteiger partial charge in [0.2, 0.25) is 5.91 Å². The highest BCUT2D eigenvalue weighted by molar-refractivity contribution is 5.91. The predicted octanol–water partition coefficient (Wildman–Crippen LogP) is 1.56. The topological polar surface area (TPSA) is 52.9 Å². The van der Waals surface area contributed by atoms with E-state index in [1.807, 2.05) is 0 Å². The third-order valence-corrected chi connectivity index (χ3v) is 1.24. The van der Waals surface area contributed by atoms with Crippen LogP contribution < -0.4 is 11.1 Å². The van der Waals surface area contributed by atoms with E-state index < -0.39 is 0 Å². The fraction of sp³-hybridized carbons (Fsp3) is 0.125. The van der Waals surface area contributed by atoms with Gasteiger partial charge < -0.3 is 5.32 Å². The molecular weight excluding hydrogens is 140 g/mol. The first-order valence-corrected chi connectivity index (χ1v) is 3.28. The number of carbonyl (C=O) groups excluding carboxylic acids is 1. The third-order valence-electron chi connectivity index (χ3n) is 1.24. The van der Waals surface area contributed by atoms with Crippen LogP contribution in [0.2, 0.25) is 0 Å². The van der Waals surface area contributed by atoms with E-state index in [4.69, 9.17) is 5.73 Å². The molecule has 0 bridgehead atoms. The van der Waals surface area contributed by atoms with Crippen LogP contribution in [0, 0.1) is 0 Å². The summed E-state index contributed by atoms with van der Waals surface area (Å²) in [6.07, 6.45) is 0. The Morgan fingerprint density at radius 3 is 2.64 bits per heavy atom. The largest absolute Gasteiger partial charge is 0.324 e. The molecule has 0 saturated carbocycles. The molecule has 0 fully saturated rings. The van der Waals surface area contributed by atoms with Gasteiger partial charge in [0.15, 0.2) is 0 Å². The summed E-state index contributed by atoms with van der Waals surface area (Å²) < 4.78 is 0. The minimum Gasteiger partial charge on any atom is -0.324 e. The molecule has 0 aliphatic carbocycles. The summed E-state index contributed by atoms with van der Waals surface area (Å²) in [5.41, 5.74) is 8.24. The molecule has 0 aliphatic rings. The molecule has 0 aliphatic heterocycles. The maximum atomic E-state index is 10.6. The molecule has 1 radical (unpaired) electrons. The zero-order chi connectivity index (χ0) is 8.27. The summed E-state index contributed by atoms with van der Waals surface area (Å²) in [5, 5.41) is 2.55. The second-order valence-electron chi connectivity index (χ2n) is 2.23. The van der Waals surface area contributed by atoms with Crippen LogP contribution in [0.5, 0.6) is 0 Å². The van der Waals surface area contributed by atoms with Crippen LogP contribution in [0.15, 0.2) is 24.3 Å². The average molecular weight is 149 g/mol. The van der Waals surface area contributed by atoms with Crippen molar-refractivity contribution in [2.45, 2.75) is 6.92 Å². The van der Waals surface area contributed by atoms with Crippen molar-refractivity contribution in [1.29, 1.82) is 0 Å². The average Bonchev–Trinajstić information content (AvgIpc) is 1.93. The predicted molar refractivity (Wildman–Crippen MR) is 43.5 cm³/mol. The lowest BCUT2D eigenvalue weighted by atomic mass is 10.3. The fourth-order valence-electron chi connectivity index (χ4n) is 0.782. The van der Waals surface area contributed by atoms with E-state index >= 15 is 0 Å². The fourth-order valence-corrected chi connectivity index (χ4v) is 0.782. The molecule has 1 aromatic rings. The molecule has 1 aromatic carbocycles. The summed E-state index contributed by atoms with van der Waals surface area (Å²) in [5.74, 6) is -0.148. The molecule has 1 rings (SSSR count). The van der Waals surface area contributed by atoms with Crippen molar-refractivity contribution in [3.05, 3.63) is 24.3 Å². The monoisotopic (exact) mass is 149 g/mol. The van der Waals surface area contributed by atoms with Crippen LogP contribution in [0.4, 0.5) is 11.4 Å². The molecule has 1 amide bonds. The van der Waals surface area contributed by atoms with Gasteiger partial charge in [0.25, 0.3) is 0 Å². The number of amides is 1. The number of rotatable bonds is 1. The molecule has 0 spiro atoms. The van der Waals surface area contributed by atoms with Gasteiger partial charge in [-0.3, -0.25) is 10.5 Å². The summed E-state index contributed by atoms with van der Waals surface area (Å²) in [4.78, 5) is 10.6. The van der Waals surface area contributed by atoms with Gasteiger partial charge in [0.1, 0.15) is 0 Å². The van der Waals surface area contributed by atoms with Crippen LogP contribution in [-0.2, 0) is 4.79 Å². The van der Waals surface area contributed by atoms with E-state index in [9.17, 15) is 4.79 Å². The van der Waals surface area contributed by atoms with Gasteiger partial charge in [-0.2, -0.15) is 0 Å². The molecule has 0 saturated heterocycles. The Bertz CT molecular complexity index is 271. The SMILES string of the molecule is CC(=O)Nc1ccccc1[NH]. The second kappa shape index (κ2) is 3.05. The van der Waals surface area contributed by atoms with Crippen LogP contribution in [0.3, 0.4) is 0 Å². The highest BCUT2D eigenvalue weighted by atomic mass is 16.1. The van der Waals surface area contributed by atoms with Crippen molar-refractivity contribution < 1.29 is 4.79 Å². The third kappa shape index (κ3) is 1.97. The molecule has 57 valence electrons. The van der Waals surface area contributed by atoms with Crippen molar-refractivity contribution in [2.24, 2.45) is 0 Å². The summed E-state index contributed by atoms with van der Waals surface area (Å²) in [7, 11) is 0. The molecule has 0 aromatic heterocycles.